The molecule has 5 heteroatoms. The number of hydrogen-bond acceptors (Lipinski definition) is 3. The van der Waals surface area contributed by atoms with Crippen LogP contribution in [0.15, 0.2) is 42.5 Å². The van der Waals surface area contributed by atoms with Crippen LogP contribution in [0.2, 0.25) is 0 Å². The summed E-state index contributed by atoms with van der Waals surface area (Å²) in [5.41, 5.74) is -0.593. The lowest BCUT2D eigenvalue weighted by atomic mass is 10.1. The van der Waals surface area contributed by atoms with Gasteiger partial charge in [-0.25, -0.2) is 9.59 Å². The van der Waals surface area contributed by atoms with Crippen LogP contribution in [0.5, 0.6) is 11.5 Å². The van der Waals surface area contributed by atoms with E-state index < -0.39 is 11.9 Å². The van der Waals surface area contributed by atoms with Gasteiger partial charge in [0, 0.05) is 0 Å². The van der Waals surface area contributed by atoms with Crippen LogP contribution in [-0.2, 0) is 0 Å². The fraction of sp³-hybridized carbons (Fsp3) is 0. The topological polar surface area (TPSA) is 83.8 Å². The second-order valence-electron chi connectivity index (χ2n) is 3.66. The van der Waals surface area contributed by atoms with Crippen molar-refractivity contribution in [1.82, 2.24) is 0 Å². The quantitative estimate of drug-likeness (QED) is 0.879. The van der Waals surface area contributed by atoms with Gasteiger partial charge in [-0.15, -0.1) is 0 Å². The number of aromatic carboxylic acids is 2. The number of carbonyl (C=O) groups is 2. The zero-order valence-corrected chi connectivity index (χ0v) is 9.66. The molecule has 19 heavy (non-hydrogen) atoms. The van der Waals surface area contributed by atoms with Crippen molar-refractivity contribution in [2.45, 2.75) is 0 Å². The first-order valence-corrected chi connectivity index (χ1v) is 5.32. The van der Waals surface area contributed by atoms with E-state index >= 15 is 0 Å². The van der Waals surface area contributed by atoms with Crippen LogP contribution in [0, 0.1) is 6.07 Å². The molecule has 0 heterocycles. The number of carboxylic acid groups (broad SMARTS) is 2. The molecule has 0 aromatic heterocycles. The monoisotopic (exact) mass is 257 g/mol. The Morgan fingerprint density at radius 1 is 1.00 bits per heavy atom. The van der Waals surface area contributed by atoms with Gasteiger partial charge in [0.1, 0.15) is 11.5 Å². The first-order valence-electron chi connectivity index (χ1n) is 5.32. The third-order valence-corrected chi connectivity index (χ3v) is 2.37. The maximum atomic E-state index is 11.0. The largest absolute Gasteiger partial charge is 0.478 e. The lowest BCUT2D eigenvalue weighted by Gasteiger charge is -2.07. The van der Waals surface area contributed by atoms with Crippen LogP contribution in [-0.4, -0.2) is 22.2 Å². The summed E-state index contributed by atoms with van der Waals surface area (Å²) in [4.78, 5) is 21.9. The lowest BCUT2D eigenvalue weighted by Crippen LogP contribution is -2.07. The van der Waals surface area contributed by atoms with E-state index in [4.69, 9.17) is 14.9 Å². The average molecular weight is 257 g/mol. The van der Waals surface area contributed by atoms with Crippen molar-refractivity contribution in [3.63, 3.8) is 0 Å². The summed E-state index contributed by atoms with van der Waals surface area (Å²) < 4.78 is 5.42. The normalized spacial score (nSPS) is 9.89. The van der Waals surface area contributed by atoms with E-state index in [1.165, 1.54) is 18.2 Å². The van der Waals surface area contributed by atoms with Gasteiger partial charge in [-0.3, -0.25) is 0 Å². The molecular weight excluding hydrogens is 248 g/mol. The Morgan fingerprint density at radius 3 is 2.32 bits per heavy atom. The molecule has 0 amide bonds. The molecule has 0 aliphatic rings. The third kappa shape index (κ3) is 2.90. The number of benzene rings is 2. The molecule has 95 valence electrons. The Labute approximate surface area is 108 Å². The van der Waals surface area contributed by atoms with Gasteiger partial charge in [-0.05, 0) is 36.4 Å². The second-order valence-corrected chi connectivity index (χ2v) is 3.66. The van der Waals surface area contributed by atoms with E-state index in [-0.39, 0.29) is 16.9 Å². The van der Waals surface area contributed by atoms with Gasteiger partial charge < -0.3 is 14.9 Å². The van der Waals surface area contributed by atoms with Crippen LogP contribution >= 0.6 is 0 Å². The molecule has 2 N–H and O–H groups in total. The molecule has 0 bridgehead atoms. The molecule has 0 atom stereocenters. The van der Waals surface area contributed by atoms with E-state index in [0.29, 0.717) is 5.75 Å². The molecule has 0 aliphatic carbocycles. The van der Waals surface area contributed by atoms with Crippen LogP contribution in [0.25, 0.3) is 0 Å². The van der Waals surface area contributed by atoms with E-state index in [9.17, 15) is 9.59 Å². The van der Waals surface area contributed by atoms with Crippen molar-refractivity contribution in [3.8, 4) is 11.5 Å². The summed E-state index contributed by atoms with van der Waals surface area (Å²) in [5.74, 6) is -1.87. The van der Waals surface area contributed by atoms with E-state index in [2.05, 4.69) is 6.07 Å². The number of hydrogen-bond donors (Lipinski definition) is 2. The molecule has 2 aromatic carbocycles. The zero-order valence-electron chi connectivity index (χ0n) is 9.66. The molecule has 5 nitrogen and oxygen atoms in total. The van der Waals surface area contributed by atoms with Crippen molar-refractivity contribution >= 4 is 11.9 Å². The Morgan fingerprint density at radius 2 is 1.74 bits per heavy atom. The van der Waals surface area contributed by atoms with Crippen molar-refractivity contribution in [2.75, 3.05) is 0 Å². The maximum Gasteiger partial charge on any atom is 0.336 e. The molecule has 0 saturated heterocycles. The van der Waals surface area contributed by atoms with E-state index in [1.54, 1.807) is 24.3 Å². The Kier molecular flexibility index (Phi) is 3.47. The van der Waals surface area contributed by atoms with E-state index in [0.717, 1.165) is 0 Å². The first kappa shape index (κ1) is 12.6. The predicted octanol–water partition coefficient (Wildman–Crippen LogP) is 2.68. The van der Waals surface area contributed by atoms with Crippen molar-refractivity contribution in [2.24, 2.45) is 0 Å². The SMILES string of the molecule is O=C(O)c1ccc(Oc2c[c]ccc2)cc1C(=O)O. The fourth-order valence-electron chi connectivity index (χ4n) is 1.53. The van der Waals surface area contributed by atoms with Gasteiger partial charge in [-0.2, -0.15) is 0 Å². The summed E-state index contributed by atoms with van der Waals surface area (Å²) in [6.45, 7) is 0. The maximum absolute atomic E-state index is 11.0. The van der Waals surface area contributed by atoms with Gasteiger partial charge in [0.15, 0.2) is 0 Å². The molecule has 1 radical (unpaired) electrons. The highest BCUT2D eigenvalue weighted by molar-refractivity contribution is 6.02. The van der Waals surface area contributed by atoms with Crippen molar-refractivity contribution in [3.05, 3.63) is 59.7 Å². The molecule has 0 unspecified atom stereocenters. The fourth-order valence-corrected chi connectivity index (χ4v) is 1.53. The summed E-state index contributed by atoms with van der Waals surface area (Å²) in [6.07, 6.45) is 0. The average Bonchev–Trinajstić information content (AvgIpc) is 2.39. The Balaban J connectivity index is 2.36. The van der Waals surface area contributed by atoms with Crippen LogP contribution in [0.4, 0.5) is 0 Å². The summed E-state index contributed by atoms with van der Waals surface area (Å²) >= 11 is 0. The molecule has 0 fully saturated rings. The van der Waals surface area contributed by atoms with Gasteiger partial charge in [0.2, 0.25) is 0 Å². The third-order valence-electron chi connectivity index (χ3n) is 2.37. The Hall–Kier alpha value is -2.82. The van der Waals surface area contributed by atoms with Crippen LogP contribution in [0.3, 0.4) is 0 Å². The summed E-state index contributed by atoms with van der Waals surface area (Å²) in [5, 5.41) is 17.9. The smallest absolute Gasteiger partial charge is 0.336 e. The standard InChI is InChI=1S/C14H9O5/c15-13(16)11-7-6-10(8-12(11)14(17)18)19-9-4-2-1-3-5-9/h1-2,4-8H,(H,15,16)(H,17,18). The minimum atomic E-state index is -1.32. The lowest BCUT2D eigenvalue weighted by molar-refractivity contribution is 0.0651. The van der Waals surface area contributed by atoms with Crippen LogP contribution < -0.4 is 4.74 Å². The Bertz CT molecular complexity index is 619. The first-order chi connectivity index (χ1) is 9.08. The predicted molar refractivity (Wildman–Crippen MR) is 65.7 cm³/mol. The van der Waals surface area contributed by atoms with Gasteiger partial charge in [0.05, 0.1) is 11.1 Å². The highest BCUT2D eigenvalue weighted by Crippen LogP contribution is 2.24. The van der Waals surface area contributed by atoms with Crippen LogP contribution in [0.1, 0.15) is 20.7 Å². The zero-order chi connectivity index (χ0) is 13.8. The second kappa shape index (κ2) is 5.22. The number of ether oxygens (including phenoxy) is 1. The van der Waals surface area contributed by atoms with Crippen molar-refractivity contribution < 1.29 is 24.5 Å². The highest BCUT2D eigenvalue weighted by atomic mass is 16.5. The minimum Gasteiger partial charge on any atom is -0.478 e. The molecule has 2 aromatic rings. The molecule has 0 saturated carbocycles. The molecular formula is C14H9O5. The number of rotatable bonds is 4. The van der Waals surface area contributed by atoms with E-state index in [1.807, 2.05) is 0 Å². The molecule has 0 spiro atoms. The number of carboxylic acids is 2. The minimum absolute atomic E-state index is 0.252. The van der Waals surface area contributed by atoms with Crippen molar-refractivity contribution in [1.29, 1.82) is 0 Å². The van der Waals surface area contributed by atoms with Gasteiger partial charge >= 0.3 is 11.9 Å². The highest BCUT2D eigenvalue weighted by Gasteiger charge is 2.16. The van der Waals surface area contributed by atoms with Gasteiger partial charge in [0.25, 0.3) is 0 Å². The molecule has 0 aliphatic heterocycles. The summed E-state index contributed by atoms with van der Waals surface area (Å²) in [7, 11) is 0. The van der Waals surface area contributed by atoms with Gasteiger partial charge in [-0.1, -0.05) is 12.1 Å². The molecule has 2 rings (SSSR count). The summed E-state index contributed by atoms with van der Waals surface area (Å²) in [6, 6.07) is 13.3.